The molecule has 2 N–H and O–H groups in total. The minimum Gasteiger partial charge on any atom is -0.362 e. The predicted octanol–water partition coefficient (Wildman–Crippen LogP) is 4.44. The summed E-state index contributed by atoms with van der Waals surface area (Å²) >= 11 is 0. The van der Waals surface area contributed by atoms with Crippen LogP contribution in [0.15, 0.2) is 61.3 Å². The molecule has 7 nitrogen and oxygen atoms in total. The van der Waals surface area contributed by atoms with Crippen LogP contribution >= 0.6 is 0 Å². The molecule has 1 atom stereocenters. The highest BCUT2D eigenvalue weighted by Crippen LogP contribution is 2.31. The molecule has 5 aromatic rings. The average Bonchev–Trinajstić information content (AvgIpc) is 3.23. The molecule has 5 rings (SSSR count). The fourth-order valence-corrected chi connectivity index (χ4v) is 3.49. The van der Waals surface area contributed by atoms with Crippen molar-refractivity contribution in [2.45, 2.75) is 19.9 Å². The molecule has 0 fully saturated rings. The summed E-state index contributed by atoms with van der Waals surface area (Å²) in [4.78, 5) is 25.4. The Bertz CT molecular complexity index is 1310. The molecule has 0 unspecified atom stereocenters. The summed E-state index contributed by atoms with van der Waals surface area (Å²) in [6.07, 6.45) is 4.92. The maximum atomic E-state index is 4.97. The number of imidazole rings is 1. The lowest BCUT2D eigenvalue weighted by Gasteiger charge is -2.19. The maximum absolute atomic E-state index is 4.97. The van der Waals surface area contributed by atoms with Crippen molar-refractivity contribution in [2.24, 2.45) is 0 Å². The fraction of sp³-hybridized carbons (Fsp3) is 0.136. The van der Waals surface area contributed by atoms with Crippen molar-refractivity contribution in [1.82, 2.24) is 29.9 Å². The lowest BCUT2D eigenvalue weighted by molar-refractivity contribution is 0.872. The van der Waals surface area contributed by atoms with Gasteiger partial charge in [0, 0.05) is 17.1 Å². The second-order valence-corrected chi connectivity index (χ2v) is 7.03. The summed E-state index contributed by atoms with van der Waals surface area (Å²) in [5.74, 6) is 0.705. The van der Waals surface area contributed by atoms with Crippen molar-refractivity contribution in [3.05, 3.63) is 72.4 Å². The molecular formula is C22H19N7. The third-order valence-corrected chi connectivity index (χ3v) is 4.95. The first-order chi connectivity index (χ1) is 14.2. The van der Waals surface area contributed by atoms with Crippen LogP contribution in [-0.4, -0.2) is 29.9 Å². The summed E-state index contributed by atoms with van der Waals surface area (Å²) in [7, 11) is 0. The molecule has 4 aromatic heterocycles. The number of fused-ring (bicyclic) bond motifs is 2. The monoisotopic (exact) mass is 381 g/mol. The van der Waals surface area contributed by atoms with Gasteiger partial charge in [-0.3, -0.25) is 4.98 Å². The smallest absolute Gasteiger partial charge is 0.182 e. The Morgan fingerprint density at radius 1 is 1.00 bits per heavy atom. The van der Waals surface area contributed by atoms with E-state index in [0.29, 0.717) is 11.5 Å². The van der Waals surface area contributed by atoms with E-state index in [0.717, 1.165) is 33.4 Å². The van der Waals surface area contributed by atoms with Gasteiger partial charge in [0.15, 0.2) is 11.5 Å². The molecule has 142 valence electrons. The zero-order valence-corrected chi connectivity index (χ0v) is 16.1. The average molecular weight is 381 g/mol. The third-order valence-electron chi connectivity index (χ3n) is 4.95. The standard InChI is InChI=1S/C22H19N7/c1-13-6-7-15-10-16(19(29-18(15)9-13)17-5-3-4-8-23-17)14(2)28-22-20-21(25-11-24-20)26-12-27-22/h3-12,14H,1-2H3,(H2,24,25,26,27,28)/t14-/m0/s1. The van der Waals surface area contributed by atoms with Crippen molar-refractivity contribution < 1.29 is 0 Å². The van der Waals surface area contributed by atoms with Gasteiger partial charge in [-0.2, -0.15) is 0 Å². The molecule has 0 spiro atoms. The first-order valence-corrected chi connectivity index (χ1v) is 9.42. The van der Waals surface area contributed by atoms with Crippen LogP contribution in [0.3, 0.4) is 0 Å². The number of benzene rings is 1. The van der Waals surface area contributed by atoms with Gasteiger partial charge in [0.2, 0.25) is 0 Å². The van der Waals surface area contributed by atoms with Gasteiger partial charge >= 0.3 is 0 Å². The number of pyridine rings is 2. The number of aryl methyl sites for hydroxylation is 1. The van der Waals surface area contributed by atoms with Crippen LogP contribution in [-0.2, 0) is 0 Å². The number of H-pyrrole nitrogens is 1. The van der Waals surface area contributed by atoms with Gasteiger partial charge in [0.05, 0.1) is 29.3 Å². The molecule has 0 aliphatic rings. The van der Waals surface area contributed by atoms with E-state index in [2.05, 4.69) is 68.3 Å². The van der Waals surface area contributed by atoms with Crippen molar-refractivity contribution in [3.8, 4) is 11.4 Å². The zero-order valence-electron chi connectivity index (χ0n) is 16.1. The van der Waals surface area contributed by atoms with Crippen LogP contribution in [0, 0.1) is 6.92 Å². The Morgan fingerprint density at radius 2 is 1.93 bits per heavy atom. The van der Waals surface area contributed by atoms with E-state index in [4.69, 9.17) is 4.98 Å². The van der Waals surface area contributed by atoms with Gasteiger partial charge in [0.25, 0.3) is 0 Å². The minimum absolute atomic E-state index is 0.0633. The molecule has 0 aliphatic carbocycles. The molecule has 0 saturated carbocycles. The van der Waals surface area contributed by atoms with Crippen molar-refractivity contribution in [1.29, 1.82) is 0 Å². The molecular weight excluding hydrogens is 362 g/mol. The molecule has 29 heavy (non-hydrogen) atoms. The second kappa shape index (κ2) is 6.94. The number of anilines is 1. The SMILES string of the molecule is Cc1ccc2cc([C@H](C)Nc3ncnc4nc[nH]c34)c(-c3ccccn3)nc2c1. The summed E-state index contributed by atoms with van der Waals surface area (Å²) in [6, 6.07) is 14.3. The Hall–Kier alpha value is -3.87. The van der Waals surface area contributed by atoms with Crippen LogP contribution in [0.25, 0.3) is 33.5 Å². The Kier molecular flexibility index (Phi) is 4.13. The molecule has 7 heteroatoms. The zero-order chi connectivity index (χ0) is 19.8. The van der Waals surface area contributed by atoms with E-state index in [1.165, 1.54) is 11.9 Å². The quantitative estimate of drug-likeness (QED) is 0.478. The van der Waals surface area contributed by atoms with Crippen molar-refractivity contribution >= 4 is 27.9 Å². The van der Waals surface area contributed by atoms with Crippen LogP contribution in [0.4, 0.5) is 5.82 Å². The Balaban J connectivity index is 1.64. The number of rotatable bonds is 4. The summed E-state index contributed by atoms with van der Waals surface area (Å²) in [5.41, 5.74) is 6.30. The first kappa shape index (κ1) is 17.2. The van der Waals surface area contributed by atoms with Crippen molar-refractivity contribution in [2.75, 3.05) is 5.32 Å². The highest BCUT2D eigenvalue weighted by Gasteiger charge is 2.18. The molecule has 4 heterocycles. The predicted molar refractivity (Wildman–Crippen MR) is 113 cm³/mol. The number of hydrogen-bond acceptors (Lipinski definition) is 6. The number of aromatic amines is 1. The number of hydrogen-bond donors (Lipinski definition) is 2. The summed E-state index contributed by atoms with van der Waals surface area (Å²) in [6.45, 7) is 4.16. The first-order valence-electron chi connectivity index (χ1n) is 9.42. The molecule has 0 radical (unpaired) electrons. The number of nitrogens with one attached hydrogen (secondary N) is 2. The van der Waals surface area contributed by atoms with Gasteiger partial charge < -0.3 is 10.3 Å². The maximum Gasteiger partial charge on any atom is 0.182 e. The fourth-order valence-electron chi connectivity index (χ4n) is 3.49. The number of aromatic nitrogens is 6. The van der Waals surface area contributed by atoms with E-state index >= 15 is 0 Å². The molecule has 0 aliphatic heterocycles. The van der Waals surface area contributed by atoms with Gasteiger partial charge in [-0.1, -0.05) is 18.2 Å². The molecule has 0 saturated heterocycles. The van der Waals surface area contributed by atoms with E-state index in [1.807, 2.05) is 18.2 Å². The summed E-state index contributed by atoms with van der Waals surface area (Å²) < 4.78 is 0. The lowest BCUT2D eigenvalue weighted by atomic mass is 10.0. The summed E-state index contributed by atoms with van der Waals surface area (Å²) in [5, 5.41) is 4.57. The topological polar surface area (TPSA) is 92.3 Å². The minimum atomic E-state index is -0.0633. The van der Waals surface area contributed by atoms with Crippen LogP contribution < -0.4 is 5.32 Å². The lowest BCUT2D eigenvalue weighted by Crippen LogP contribution is -2.11. The number of nitrogens with zero attached hydrogens (tertiary/aromatic N) is 5. The van der Waals surface area contributed by atoms with E-state index in [1.54, 1.807) is 12.5 Å². The van der Waals surface area contributed by atoms with E-state index < -0.39 is 0 Å². The Morgan fingerprint density at radius 3 is 2.79 bits per heavy atom. The van der Waals surface area contributed by atoms with Crippen LogP contribution in [0.5, 0.6) is 0 Å². The molecule has 1 aromatic carbocycles. The van der Waals surface area contributed by atoms with Gasteiger partial charge in [-0.15, -0.1) is 0 Å². The van der Waals surface area contributed by atoms with Gasteiger partial charge in [0.1, 0.15) is 11.8 Å². The highest BCUT2D eigenvalue weighted by molar-refractivity contribution is 5.85. The van der Waals surface area contributed by atoms with E-state index in [9.17, 15) is 0 Å². The van der Waals surface area contributed by atoms with Gasteiger partial charge in [-0.05, 0) is 43.7 Å². The largest absolute Gasteiger partial charge is 0.362 e. The Labute approximate surface area is 167 Å². The molecule has 0 amide bonds. The third kappa shape index (κ3) is 3.16. The van der Waals surface area contributed by atoms with Gasteiger partial charge in [-0.25, -0.2) is 19.9 Å². The second-order valence-electron chi connectivity index (χ2n) is 7.03. The normalized spacial score (nSPS) is 12.3. The van der Waals surface area contributed by atoms with Crippen LogP contribution in [0.2, 0.25) is 0 Å². The molecule has 0 bridgehead atoms. The highest BCUT2D eigenvalue weighted by atomic mass is 15.1. The van der Waals surface area contributed by atoms with Crippen molar-refractivity contribution in [3.63, 3.8) is 0 Å². The van der Waals surface area contributed by atoms with E-state index in [-0.39, 0.29) is 6.04 Å². The van der Waals surface area contributed by atoms with Crippen LogP contribution in [0.1, 0.15) is 24.1 Å².